The minimum absolute atomic E-state index is 0.0113. The Morgan fingerprint density at radius 2 is 1.72 bits per heavy atom. The van der Waals surface area contributed by atoms with Crippen LogP contribution < -0.4 is 14.5 Å². The van der Waals surface area contributed by atoms with E-state index in [9.17, 15) is 19.5 Å². The quantitative estimate of drug-likeness (QED) is 0.601. The number of halogens is 1. The van der Waals surface area contributed by atoms with E-state index >= 15 is 4.39 Å². The number of rotatable bonds is 4. The molecule has 2 amide bonds. The van der Waals surface area contributed by atoms with Crippen LogP contribution in [0.2, 0.25) is 0 Å². The maximum absolute atomic E-state index is 15.1. The number of fused-ring (bicyclic) bond motifs is 2. The van der Waals surface area contributed by atoms with Crippen LogP contribution in [0.5, 0.6) is 5.75 Å². The lowest BCUT2D eigenvalue weighted by Gasteiger charge is -2.29. The zero-order chi connectivity index (χ0) is 25.0. The summed E-state index contributed by atoms with van der Waals surface area (Å²) < 4.78 is 21.6. The lowest BCUT2D eigenvalue weighted by atomic mass is 10.0. The van der Waals surface area contributed by atoms with Crippen LogP contribution in [0.15, 0.2) is 36.4 Å². The predicted molar refractivity (Wildman–Crippen MR) is 128 cm³/mol. The number of carbonyl (C=O) groups excluding carboxylic acids is 2. The molecule has 36 heavy (non-hydrogen) atoms. The minimum Gasteiger partial charge on any atom is -0.493 e. The average molecular weight is 490 g/mol. The van der Waals surface area contributed by atoms with E-state index in [1.54, 1.807) is 23.1 Å². The number of carboxylic acids is 1. The van der Waals surface area contributed by atoms with Crippen LogP contribution in [-0.4, -0.2) is 52.4 Å². The summed E-state index contributed by atoms with van der Waals surface area (Å²) in [4.78, 5) is 41.1. The van der Waals surface area contributed by atoms with E-state index in [1.807, 2.05) is 12.1 Å². The molecule has 0 atom stereocenters. The highest BCUT2D eigenvalue weighted by Crippen LogP contribution is 2.34. The Hall–Kier alpha value is -4.21. The van der Waals surface area contributed by atoms with E-state index < -0.39 is 17.7 Å². The minimum atomic E-state index is -1.27. The Morgan fingerprint density at radius 3 is 2.44 bits per heavy atom. The third kappa shape index (κ3) is 3.52. The Morgan fingerprint density at radius 1 is 0.972 bits per heavy atom. The molecule has 2 aromatic carbocycles. The topological polar surface area (TPSA) is 105 Å². The molecule has 0 unspecified atom stereocenters. The van der Waals surface area contributed by atoms with Crippen LogP contribution in [0.3, 0.4) is 0 Å². The summed E-state index contributed by atoms with van der Waals surface area (Å²) in [5.74, 6) is -1.87. The number of hydrogen-bond donors (Lipinski definition) is 1. The number of aromatic nitrogens is 2. The number of ether oxygens (including phenoxy) is 1. The summed E-state index contributed by atoms with van der Waals surface area (Å²) in [5.41, 5.74) is 2.23. The second-order valence-corrected chi connectivity index (χ2v) is 9.13. The number of anilines is 2. The van der Waals surface area contributed by atoms with E-state index in [0.717, 1.165) is 28.8 Å². The van der Waals surface area contributed by atoms with Gasteiger partial charge < -0.3 is 19.6 Å². The highest BCUT2D eigenvalue weighted by Gasteiger charge is 2.36. The molecule has 6 rings (SSSR count). The number of amides is 2. The smallest absolute Gasteiger partial charge is 0.356 e. The molecule has 4 heterocycles. The first-order valence-corrected chi connectivity index (χ1v) is 12.0. The summed E-state index contributed by atoms with van der Waals surface area (Å²) in [6, 6.07) is 9.96. The molecule has 0 saturated carbocycles. The van der Waals surface area contributed by atoms with Crippen LogP contribution in [0.25, 0.3) is 5.69 Å². The lowest BCUT2D eigenvalue weighted by molar-refractivity contribution is -0.119. The standard InChI is InChI=1S/C26H23FN4O5/c27-19-14-21-15(9-12-36-21)13-20(19)31-24-18(23(28-31)26(34)35)8-11-30(25(24)33)17-6-4-16(5-7-17)29-10-2-1-3-22(29)32/h4-7,13-14H,1-3,8-12H2,(H,34,35). The van der Waals surface area contributed by atoms with Crippen molar-refractivity contribution in [2.75, 3.05) is 29.5 Å². The molecule has 184 valence electrons. The van der Waals surface area contributed by atoms with Crippen molar-refractivity contribution in [3.05, 3.63) is 64.7 Å². The highest BCUT2D eigenvalue weighted by atomic mass is 19.1. The summed E-state index contributed by atoms with van der Waals surface area (Å²) in [7, 11) is 0. The Balaban J connectivity index is 1.38. The van der Waals surface area contributed by atoms with Crippen molar-refractivity contribution in [1.82, 2.24) is 9.78 Å². The number of carbonyl (C=O) groups is 3. The van der Waals surface area contributed by atoms with Gasteiger partial charge in [0, 0.05) is 48.9 Å². The van der Waals surface area contributed by atoms with Crippen molar-refractivity contribution >= 4 is 29.2 Å². The molecular formula is C26H23FN4O5. The second-order valence-electron chi connectivity index (χ2n) is 9.13. The molecule has 3 aliphatic heterocycles. The maximum Gasteiger partial charge on any atom is 0.356 e. The average Bonchev–Trinajstić information content (AvgIpc) is 3.49. The molecule has 10 heteroatoms. The number of benzene rings is 2. The van der Waals surface area contributed by atoms with Gasteiger partial charge in [0.05, 0.1) is 6.61 Å². The molecule has 3 aliphatic rings. The SMILES string of the molecule is O=C(O)c1nn(-c2cc3c(cc2F)OCC3)c2c1CCN(c1ccc(N3CCCCC3=O)cc1)C2=O. The number of carboxylic acid groups (broad SMARTS) is 1. The molecule has 0 radical (unpaired) electrons. The van der Waals surface area contributed by atoms with Gasteiger partial charge in [-0.1, -0.05) is 0 Å². The Bertz CT molecular complexity index is 1410. The number of aromatic carboxylic acids is 1. The van der Waals surface area contributed by atoms with Gasteiger partial charge in [-0.2, -0.15) is 5.10 Å². The second kappa shape index (κ2) is 8.47. The van der Waals surface area contributed by atoms with E-state index in [1.165, 1.54) is 11.0 Å². The monoisotopic (exact) mass is 490 g/mol. The Labute approximate surface area is 205 Å². The first kappa shape index (κ1) is 22.3. The zero-order valence-corrected chi connectivity index (χ0v) is 19.4. The highest BCUT2D eigenvalue weighted by molar-refractivity contribution is 6.09. The van der Waals surface area contributed by atoms with Crippen molar-refractivity contribution in [2.24, 2.45) is 0 Å². The molecular weight excluding hydrogens is 467 g/mol. The first-order chi connectivity index (χ1) is 17.4. The summed E-state index contributed by atoms with van der Waals surface area (Å²) in [6.07, 6.45) is 3.20. The van der Waals surface area contributed by atoms with Crippen molar-refractivity contribution < 1.29 is 28.6 Å². The third-order valence-corrected chi connectivity index (χ3v) is 7.00. The number of hydrogen-bond acceptors (Lipinski definition) is 5. The van der Waals surface area contributed by atoms with Crippen LogP contribution >= 0.6 is 0 Å². The van der Waals surface area contributed by atoms with Crippen LogP contribution in [-0.2, 0) is 17.6 Å². The van der Waals surface area contributed by atoms with Gasteiger partial charge >= 0.3 is 5.97 Å². The van der Waals surface area contributed by atoms with Gasteiger partial charge in [-0.25, -0.2) is 13.9 Å². The largest absolute Gasteiger partial charge is 0.493 e. The van der Waals surface area contributed by atoms with E-state index in [2.05, 4.69) is 5.10 Å². The predicted octanol–water partition coefficient (Wildman–Crippen LogP) is 3.36. The summed E-state index contributed by atoms with van der Waals surface area (Å²) >= 11 is 0. The van der Waals surface area contributed by atoms with Gasteiger partial charge in [0.25, 0.3) is 5.91 Å². The van der Waals surface area contributed by atoms with Crippen LogP contribution in [0, 0.1) is 5.82 Å². The van der Waals surface area contributed by atoms with E-state index in [4.69, 9.17) is 4.74 Å². The van der Waals surface area contributed by atoms with E-state index in [-0.39, 0.29) is 41.5 Å². The van der Waals surface area contributed by atoms with Gasteiger partial charge in [0.2, 0.25) is 5.91 Å². The zero-order valence-electron chi connectivity index (χ0n) is 19.4. The lowest BCUT2D eigenvalue weighted by Crippen LogP contribution is -2.39. The van der Waals surface area contributed by atoms with Crippen molar-refractivity contribution in [2.45, 2.75) is 32.1 Å². The normalized spacial score (nSPS) is 17.1. The fraction of sp³-hybridized carbons (Fsp3) is 0.308. The van der Waals surface area contributed by atoms with Crippen molar-refractivity contribution in [3.63, 3.8) is 0 Å². The van der Waals surface area contributed by atoms with Gasteiger partial charge in [-0.15, -0.1) is 0 Å². The molecule has 0 spiro atoms. The third-order valence-electron chi connectivity index (χ3n) is 7.00. The number of piperidine rings is 1. The molecule has 9 nitrogen and oxygen atoms in total. The van der Waals surface area contributed by atoms with Gasteiger partial charge in [0.15, 0.2) is 11.5 Å². The molecule has 1 aromatic heterocycles. The fourth-order valence-electron chi connectivity index (χ4n) is 5.19. The first-order valence-electron chi connectivity index (χ1n) is 12.0. The van der Waals surface area contributed by atoms with E-state index in [0.29, 0.717) is 37.4 Å². The molecule has 1 saturated heterocycles. The molecule has 3 aromatic rings. The summed E-state index contributed by atoms with van der Waals surface area (Å²) in [6.45, 7) is 1.35. The Kier molecular flexibility index (Phi) is 5.24. The molecule has 0 bridgehead atoms. The van der Waals surface area contributed by atoms with Gasteiger partial charge in [-0.05, 0) is 55.2 Å². The van der Waals surface area contributed by atoms with Crippen LogP contribution in [0.4, 0.5) is 15.8 Å². The molecule has 1 N–H and O–H groups in total. The van der Waals surface area contributed by atoms with Gasteiger partial charge in [0.1, 0.15) is 17.1 Å². The van der Waals surface area contributed by atoms with Crippen molar-refractivity contribution in [1.29, 1.82) is 0 Å². The molecule has 1 fully saturated rings. The maximum atomic E-state index is 15.1. The number of nitrogens with zero attached hydrogens (tertiary/aromatic N) is 4. The fourth-order valence-corrected chi connectivity index (χ4v) is 5.19. The molecule has 0 aliphatic carbocycles. The van der Waals surface area contributed by atoms with Gasteiger partial charge in [-0.3, -0.25) is 9.59 Å². The van der Waals surface area contributed by atoms with Crippen LogP contribution in [0.1, 0.15) is 51.4 Å². The summed E-state index contributed by atoms with van der Waals surface area (Å²) in [5, 5.41) is 13.9. The van der Waals surface area contributed by atoms with Crippen molar-refractivity contribution in [3.8, 4) is 11.4 Å².